The Kier molecular flexibility index (Phi) is 3.97. The molecule has 0 saturated heterocycles. The number of halogens is 3. The van der Waals surface area contributed by atoms with Crippen molar-refractivity contribution in [2.75, 3.05) is 0 Å². The van der Waals surface area contributed by atoms with Gasteiger partial charge < -0.3 is 5.48 Å². The summed E-state index contributed by atoms with van der Waals surface area (Å²) in [6, 6.07) is 4.87. The molecule has 1 aromatic rings. The van der Waals surface area contributed by atoms with Crippen LogP contribution in [0, 0.1) is 0 Å². The lowest BCUT2D eigenvalue weighted by molar-refractivity contribution is -0.130. The third-order valence-corrected chi connectivity index (χ3v) is 1.63. The Morgan fingerprint density at radius 2 is 1.69 bits per heavy atom. The lowest BCUT2D eigenvalue weighted by Gasteiger charge is -2.07. The highest BCUT2D eigenvalue weighted by atomic mass is 35.5. The lowest BCUT2D eigenvalue weighted by Crippen LogP contribution is -2.14. The molecule has 2 N–H and O–H groups in total. The fraction of sp³-hybridized carbons (Fsp3) is 0.125. The number of hydrogen-bond donors (Lipinski definition) is 0. The average molecular weight is 209 g/mol. The molecule has 1 aromatic carbocycles. The van der Waals surface area contributed by atoms with Gasteiger partial charge in [0.05, 0.1) is 0 Å². The quantitative estimate of drug-likeness (QED) is 0.684. The van der Waals surface area contributed by atoms with Crippen LogP contribution in [0.5, 0.6) is 0 Å². The van der Waals surface area contributed by atoms with Crippen LogP contribution in [-0.2, 0) is 10.7 Å². The zero-order valence-corrected chi connectivity index (χ0v) is 7.18. The molecule has 1 rings (SSSR count). The maximum absolute atomic E-state index is 12.6. The second-order valence-corrected chi connectivity index (χ2v) is 2.68. The Labute approximate surface area is 78.4 Å². The van der Waals surface area contributed by atoms with Gasteiger partial charge in [0.1, 0.15) is 0 Å². The van der Waals surface area contributed by atoms with Gasteiger partial charge in [-0.05, 0) is 12.1 Å². The maximum Gasteiger partial charge on any atom is 0.327 e. The normalized spacial score (nSPS) is 10.4. The molecule has 0 heterocycles. The minimum atomic E-state index is -3.41. The molecule has 72 valence electrons. The Morgan fingerprint density at radius 3 is 2.08 bits per heavy atom. The van der Waals surface area contributed by atoms with E-state index in [2.05, 4.69) is 0 Å². The Hall–Kier alpha value is -1.00. The van der Waals surface area contributed by atoms with Crippen LogP contribution in [0.25, 0.3) is 0 Å². The number of rotatable bonds is 2. The van der Waals surface area contributed by atoms with Crippen molar-refractivity contribution in [3.8, 4) is 0 Å². The van der Waals surface area contributed by atoms with Crippen molar-refractivity contribution < 1.29 is 19.1 Å². The van der Waals surface area contributed by atoms with E-state index < -0.39 is 12.2 Å². The van der Waals surface area contributed by atoms with E-state index in [1.165, 1.54) is 12.1 Å². The summed E-state index contributed by atoms with van der Waals surface area (Å²) in [4.78, 5) is 9.93. The molecule has 0 spiro atoms. The number of carbonyl (C=O) groups is 1. The first-order valence-corrected chi connectivity index (χ1v) is 3.54. The molecule has 13 heavy (non-hydrogen) atoms. The van der Waals surface area contributed by atoms with Gasteiger partial charge in [-0.3, -0.25) is 4.79 Å². The molecule has 2 nitrogen and oxygen atoms in total. The summed E-state index contributed by atoms with van der Waals surface area (Å²) in [5.74, 6) is -3.41. The standard InChI is InChI=1S/C8H5ClF2O.H2O/c9-7-3-1-6(2-4-7)8(10,11)5-12;/h1-5H;1H2. The van der Waals surface area contributed by atoms with Crippen molar-refractivity contribution in [3.63, 3.8) is 0 Å². The van der Waals surface area contributed by atoms with E-state index in [9.17, 15) is 13.6 Å². The SMILES string of the molecule is O.O=CC(F)(F)c1ccc(Cl)cc1. The predicted octanol–water partition coefficient (Wildman–Crippen LogP) is 1.81. The predicted molar refractivity (Wildman–Crippen MR) is 45.0 cm³/mol. The summed E-state index contributed by atoms with van der Waals surface area (Å²) < 4.78 is 25.2. The van der Waals surface area contributed by atoms with Crippen molar-refractivity contribution in [2.24, 2.45) is 0 Å². The fourth-order valence-electron chi connectivity index (χ4n) is 0.740. The second kappa shape index (κ2) is 4.30. The largest absolute Gasteiger partial charge is 0.412 e. The molecule has 0 atom stereocenters. The highest BCUT2D eigenvalue weighted by molar-refractivity contribution is 6.30. The van der Waals surface area contributed by atoms with E-state index in [1.807, 2.05) is 0 Å². The lowest BCUT2D eigenvalue weighted by atomic mass is 10.1. The molecule has 0 aliphatic heterocycles. The summed E-state index contributed by atoms with van der Waals surface area (Å²) in [7, 11) is 0. The van der Waals surface area contributed by atoms with Crippen molar-refractivity contribution in [1.82, 2.24) is 0 Å². The number of hydrogen-bond acceptors (Lipinski definition) is 1. The summed E-state index contributed by atoms with van der Waals surface area (Å²) in [6.07, 6.45) is -0.393. The van der Waals surface area contributed by atoms with Crippen LogP contribution in [0.4, 0.5) is 8.78 Å². The summed E-state index contributed by atoms with van der Waals surface area (Å²) >= 11 is 5.47. The zero-order valence-electron chi connectivity index (χ0n) is 6.43. The number of aldehydes is 1. The van der Waals surface area contributed by atoms with Crippen molar-refractivity contribution in [2.45, 2.75) is 5.92 Å². The van der Waals surface area contributed by atoms with Gasteiger partial charge >= 0.3 is 5.92 Å². The molecular formula is C8H7ClF2O2. The highest BCUT2D eigenvalue weighted by Crippen LogP contribution is 2.26. The van der Waals surface area contributed by atoms with Crippen molar-refractivity contribution in [3.05, 3.63) is 34.9 Å². The van der Waals surface area contributed by atoms with Gasteiger partial charge in [-0.25, -0.2) is 0 Å². The van der Waals surface area contributed by atoms with Crippen LogP contribution in [-0.4, -0.2) is 11.8 Å². The van der Waals surface area contributed by atoms with Gasteiger partial charge in [-0.15, -0.1) is 0 Å². The van der Waals surface area contributed by atoms with Crippen molar-refractivity contribution >= 4 is 17.9 Å². The molecular weight excluding hydrogens is 202 g/mol. The molecule has 0 unspecified atom stereocenters. The molecule has 0 fully saturated rings. The molecule has 0 amide bonds. The molecule has 0 saturated carbocycles. The van der Waals surface area contributed by atoms with Crippen LogP contribution in [0.3, 0.4) is 0 Å². The third kappa shape index (κ3) is 2.75. The first-order valence-electron chi connectivity index (χ1n) is 3.16. The smallest absolute Gasteiger partial charge is 0.327 e. The van der Waals surface area contributed by atoms with Gasteiger partial charge in [-0.1, -0.05) is 23.7 Å². The van der Waals surface area contributed by atoms with E-state index in [1.54, 1.807) is 0 Å². The highest BCUT2D eigenvalue weighted by Gasteiger charge is 2.30. The van der Waals surface area contributed by atoms with Gasteiger partial charge in [0.25, 0.3) is 0 Å². The van der Waals surface area contributed by atoms with E-state index in [4.69, 9.17) is 11.6 Å². The summed E-state index contributed by atoms with van der Waals surface area (Å²) in [5.41, 5.74) is -0.345. The van der Waals surface area contributed by atoms with Crippen LogP contribution in [0.15, 0.2) is 24.3 Å². The average Bonchev–Trinajstić information content (AvgIpc) is 2.05. The number of benzene rings is 1. The first-order chi connectivity index (χ1) is 5.56. The van der Waals surface area contributed by atoms with E-state index >= 15 is 0 Å². The van der Waals surface area contributed by atoms with Crippen molar-refractivity contribution in [1.29, 1.82) is 0 Å². The minimum absolute atomic E-state index is 0. The van der Waals surface area contributed by atoms with Gasteiger partial charge in [0.15, 0.2) is 6.29 Å². The van der Waals surface area contributed by atoms with Crippen LogP contribution >= 0.6 is 11.6 Å². The topological polar surface area (TPSA) is 48.6 Å². The number of alkyl halides is 2. The van der Waals surface area contributed by atoms with Gasteiger partial charge in [0.2, 0.25) is 0 Å². The Morgan fingerprint density at radius 1 is 1.23 bits per heavy atom. The van der Waals surface area contributed by atoms with Crippen LogP contribution in [0.1, 0.15) is 5.56 Å². The number of carbonyl (C=O) groups excluding carboxylic acids is 1. The van der Waals surface area contributed by atoms with Gasteiger partial charge in [-0.2, -0.15) is 8.78 Å². The Balaban J connectivity index is 0.00000144. The molecule has 0 aromatic heterocycles. The molecule has 0 bridgehead atoms. The fourth-order valence-corrected chi connectivity index (χ4v) is 0.866. The monoisotopic (exact) mass is 208 g/mol. The maximum atomic E-state index is 12.6. The van der Waals surface area contributed by atoms with Gasteiger partial charge in [0, 0.05) is 10.6 Å². The Bertz CT molecular complexity index is 285. The molecule has 0 aliphatic carbocycles. The van der Waals surface area contributed by atoms with E-state index in [0.29, 0.717) is 5.02 Å². The summed E-state index contributed by atoms with van der Waals surface area (Å²) in [6.45, 7) is 0. The zero-order chi connectivity index (χ0) is 9.19. The molecule has 5 heteroatoms. The molecule has 0 aliphatic rings. The summed E-state index contributed by atoms with van der Waals surface area (Å²) in [5, 5.41) is 0.362. The van der Waals surface area contributed by atoms with E-state index in [-0.39, 0.29) is 11.0 Å². The molecule has 0 radical (unpaired) electrons. The second-order valence-electron chi connectivity index (χ2n) is 2.25. The third-order valence-electron chi connectivity index (χ3n) is 1.38. The van der Waals surface area contributed by atoms with E-state index in [0.717, 1.165) is 12.1 Å². The van der Waals surface area contributed by atoms with Crippen LogP contribution in [0.2, 0.25) is 5.02 Å². The minimum Gasteiger partial charge on any atom is -0.412 e. The van der Waals surface area contributed by atoms with Crippen LogP contribution < -0.4 is 0 Å². The first kappa shape index (κ1) is 12.0.